The van der Waals surface area contributed by atoms with Crippen LogP contribution < -0.4 is 5.32 Å². The highest BCUT2D eigenvalue weighted by Gasteiger charge is 2.22. The molecule has 1 aliphatic heterocycles. The quantitative estimate of drug-likeness (QED) is 0.836. The topological polar surface area (TPSA) is 15.3 Å². The SMILES string of the molecule is CC(C)=CCN1CC(c2ccccc2)NCCC1C. The van der Waals surface area contributed by atoms with Crippen LogP contribution in [-0.2, 0) is 0 Å². The van der Waals surface area contributed by atoms with E-state index in [9.17, 15) is 0 Å². The zero-order valence-corrected chi connectivity index (χ0v) is 12.4. The van der Waals surface area contributed by atoms with Crippen LogP contribution in [0.5, 0.6) is 0 Å². The molecule has 0 aromatic heterocycles. The lowest BCUT2D eigenvalue weighted by molar-refractivity contribution is 0.227. The summed E-state index contributed by atoms with van der Waals surface area (Å²) >= 11 is 0. The number of benzene rings is 1. The van der Waals surface area contributed by atoms with Gasteiger partial charge in [-0.3, -0.25) is 4.90 Å². The number of hydrogen-bond acceptors (Lipinski definition) is 2. The fraction of sp³-hybridized carbons (Fsp3) is 0.529. The van der Waals surface area contributed by atoms with Gasteiger partial charge >= 0.3 is 0 Å². The zero-order chi connectivity index (χ0) is 13.7. The first-order valence-corrected chi connectivity index (χ1v) is 7.32. The Morgan fingerprint density at radius 1 is 1.32 bits per heavy atom. The summed E-state index contributed by atoms with van der Waals surface area (Å²) < 4.78 is 0. The van der Waals surface area contributed by atoms with Crippen molar-refractivity contribution in [2.24, 2.45) is 0 Å². The number of nitrogens with zero attached hydrogens (tertiary/aromatic N) is 1. The van der Waals surface area contributed by atoms with Crippen LogP contribution in [-0.4, -0.2) is 30.6 Å². The van der Waals surface area contributed by atoms with Crippen molar-refractivity contribution >= 4 is 0 Å². The second kappa shape index (κ2) is 6.88. The Balaban J connectivity index is 2.08. The molecule has 0 amide bonds. The van der Waals surface area contributed by atoms with E-state index in [1.807, 2.05) is 0 Å². The highest BCUT2D eigenvalue weighted by atomic mass is 15.2. The first kappa shape index (κ1) is 14.3. The molecule has 1 saturated heterocycles. The monoisotopic (exact) mass is 258 g/mol. The Labute approximate surface area is 117 Å². The molecule has 2 nitrogen and oxygen atoms in total. The molecule has 1 aromatic carbocycles. The molecule has 0 bridgehead atoms. The smallest absolute Gasteiger partial charge is 0.0449 e. The van der Waals surface area contributed by atoms with Gasteiger partial charge in [-0.25, -0.2) is 0 Å². The largest absolute Gasteiger partial charge is 0.309 e. The maximum absolute atomic E-state index is 3.68. The predicted octanol–water partition coefficient (Wildman–Crippen LogP) is 3.38. The van der Waals surface area contributed by atoms with Gasteiger partial charge in [-0.2, -0.15) is 0 Å². The van der Waals surface area contributed by atoms with E-state index in [0.29, 0.717) is 12.1 Å². The first-order valence-electron chi connectivity index (χ1n) is 7.32. The Kier molecular flexibility index (Phi) is 5.17. The van der Waals surface area contributed by atoms with Gasteiger partial charge in [0.15, 0.2) is 0 Å². The van der Waals surface area contributed by atoms with E-state index >= 15 is 0 Å². The molecule has 0 aliphatic carbocycles. The molecule has 2 atom stereocenters. The molecule has 2 rings (SSSR count). The summed E-state index contributed by atoms with van der Waals surface area (Å²) in [5.41, 5.74) is 2.81. The minimum atomic E-state index is 0.455. The van der Waals surface area contributed by atoms with E-state index < -0.39 is 0 Å². The van der Waals surface area contributed by atoms with Gasteiger partial charge in [0.1, 0.15) is 0 Å². The van der Waals surface area contributed by atoms with Gasteiger partial charge in [0.2, 0.25) is 0 Å². The Morgan fingerprint density at radius 2 is 2.05 bits per heavy atom. The number of rotatable bonds is 3. The molecule has 104 valence electrons. The minimum absolute atomic E-state index is 0.455. The predicted molar refractivity (Wildman–Crippen MR) is 82.3 cm³/mol. The Hall–Kier alpha value is -1.12. The lowest BCUT2D eigenvalue weighted by Crippen LogP contribution is -2.36. The molecular formula is C17H26N2. The molecule has 0 radical (unpaired) electrons. The van der Waals surface area contributed by atoms with Crippen molar-refractivity contribution < 1.29 is 0 Å². The maximum atomic E-state index is 3.68. The molecular weight excluding hydrogens is 232 g/mol. The van der Waals surface area contributed by atoms with Crippen LogP contribution in [0.4, 0.5) is 0 Å². The number of nitrogens with one attached hydrogen (secondary N) is 1. The number of allylic oxidation sites excluding steroid dienone is 1. The van der Waals surface area contributed by atoms with E-state index in [1.165, 1.54) is 17.6 Å². The molecule has 1 N–H and O–H groups in total. The van der Waals surface area contributed by atoms with Crippen LogP contribution in [0.1, 0.15) is 38.8 Å². The minimum Gasteiger partial charge on any atom is -0.309 e. The summed E-state index contributed by atoms with van der Waals surface area (Å²) in [6.45, 7) is 9.95. The molecule has 0 spiro atoms. The van der Waals surface area contributed by atoms with Crippen molar-refractivity contribution in [3.63, 3.8) is 0 Å². The van der Waals surface area contributed by atoms with Gasteiger partial charge < -0.3 is 5.32 Å². The molecule has 1 heterocycles. The van der Waals surface area contributed by atoms with E-state index in [2.05, 4.69) is 67.4 Å². The zero-order valence-electron chi connectivity index (χ0n) is 12.4. The summed E-state index contributed by atoms with van der Waals surface area (Å²) in [7, 11) is 0. The fourth-order valence-electron chi connectivity index (χ4n) is 2.59. The average Bonchev–Trinajstić information content (AvgIpc) is 2.59. The molecule has 1 aliphatic rings. The van der Waals surface area contributed by atoms with Crippen molar-refractivity contribution in [2.45, 2.75) is 39.3 Å². The van der Waals surface area contributed by atoms with Crippen LogP contribution in [0.25, 0.3) is 0 Å². The lowest BCUT2D eigenvalue weighted by Gasteiger charge is -2.28. The van der Waals surface area contributed by atoms with Crippen molar-refractivity contribution in [3.05, 3.63) is 47.5 Å². The van der Waals surface area contributed by atoms with Gasteiger partial charge in [-0.1, -0.05) is 42.0 Å². The summed E-state index contributed by atoms with van der Waals surface area (Å²) in [5.74, 6) is 0. The second-order valence-corrected chi connectivity index (χ2v) is 5.79. The van der Waals surface area contributed by atoms with Gasteiger partial charge in [-0.15, -0.1) is 0 Å². The average molecular weight is 258 g/mol. The maximum Gasteiger partial charge on any atom is 0.0449 e. The highest BCUT2D eigenvalue weighted by molar-refractivity contribution is 5.19. The summed E-state index contributed by atoms with van der Waals surface area (Å²) in [4.78, 5) is 2.59. The van der Waals surface area contributed by atoms with E-state index in [0.717, 1.165) is 19.6 Å². The summed E-state index contributed by atoms with van der Waals surface area (Å²) in [6.07, 6.45) is 3.56. The van der Waals surface area contributed by atoms with Gasteiger partial charge in [0, 0.05) is 25.2 Å². The van der Waals surface area contributed by atoms with Crippen LogP contribution in [0.15, 0.2) is 42.0 Å². The van der Waals surface area contributed by atoms with Crippen LogP contribution in [0, 0.1) is 0 Å². The molecule has 2 heteroatoms. The van der Waals surface area contributed by atoms with E-state index in [1.54, 1.807) is 0 Å². The summed E-state index contributed by atoms with van der Waals surface area (Å²) in [6, 6.07) is 11.9. The van der Waals surface area contributed by atoms with Gasteiger partial charge in [0.05, 0.1) is 0 Å². The van der Waals surface area contributed by atoms with Gasteiger partial charge in [0.25, 0.3) is 0 Å². The third-order valence-electron chi connectivity index (χ3n) is 3.93. The van der Waals surface area contributed by atoms with E-state index in [-0.39, 0.29) is 0 Å². The van der Waals surface area contributed by atoms with Crippen molar-refractivity contribution in [3.8, 4) is 0 Å². The number of hydrogen-bond donors (Lipinski definition) is 1. The van der Waals surface area contributed by atoms with Gasteiger partial charge in [-0.05, 0) is 39.3 Å². The second-order valence-electron chi connectivity index (χ2n) is 5.79. The molecule has 19 heavy (non-hydrogen) atoms. The molecule has 1 aromatic rings. The standard InChI is InChI=1S/C17H26N2/c1-14(2)10-12-19-13-17(18-11-9-15(19)3)16-7-5-4-6-8-16/h4-8,10,15,17-18H,9,11-13H2,1-3H3. The Morgan fingerprint density at radius 3 is 2.74 bits per heavy atom. The molecule has 0 saturated carbocycles. The molecule has 2 unspecified atom stereocenters. The van der Waals surface area contributed by atoms with Crippen LogP contribution in [0.3, 0.4) is 0 Å². The summed E-state index contributed by atoms with van der Waals surface area (Å²) in [5, 5.41) is 3.68. The first-order chi connectivity index (χ1) is 9.16. The normalized spacial score (nSPS) is 24.8. The third kappa shape index (κ3) is 4.19. The van der Waals surface area contributed by atoms with E-state index in [4.69, 9.17) is 0 Å². The highest BCUT2D eigenvalue weighted by Crippen LogP contribution is 2.19. The van der Waals surface area contributed by atoms with Crippen LogP contribution >= 0.6 is 0 Å². The Bertz CT molecular complexity index is 407. The van der Waals surface area contributed by atoms with Crippen molar-refractivity contribution in [2.75, 3.05) is 19.6 Å². The van der Waals surface area contributed by atoms with Crippen molar-refractivity contribution in [1.82, 2.24) is 10.2 Å². The fourth-order valence-corrected chi connectivity index (χ4v) is 2.59. The third-order valence-corrected chi connectivity index (χ3v) is 3.93. The van der Waals surface area contributed by atoms with Crippen LogP contribution in [0.2, 0.25) is 0 Å². The van der Waals surface area contributed by atoms with Crippen molar-refractivity contribution in [1.29, 1.82) is 0 Å². The molecule has 1 fully saturated rings. The lowest BCUT2D eigenvalue weighted by atomic mass is 10.1.